The third-order valence-corrected chi connectivity index (χ3v) is 3.61. The Hall–Kier alpha value is -1.32. The standard InChI is InChI=1S/C16H24N2O/c1-4-18(12-16(2,3)11-17)9-13-10-19-15-8-6-5-7-14(13)15/h5-8,10H,4,9,11-12,17H2,1-3H3. The first-order chi connectivity index (χ1) is 9.05. The minimum absolute atomic E-state index is 0.148. The molecule has 1 aromatic carbocycles. The molecule has 0 amide bonds. The van der Waals surface area contributed by atoms with Crippen LogP contribution in [0.15, 0.2) is 34.9 Å². The summed E-state index contributed by atoms with van der Waals surface area (Å²) in [6.07, 6.45) is 1.88. The van der Waals surface area contributed by atoms with Gasteiger partial charge in [-0.15, -0.1) is 0 Å². The maximum atomic E-state index is 5.83. The highest BCUT2D eigenvalue weighted by Crippen LogP contribution is 2.23. The molecule has 0 saturated carbocycles. The molecule has 1 heterocycles. The molecular formula is C16H24N2O. The van der Waals surface area contributed by atoms with Gasteiger partial charge in [-0.3, -0.25) is 4.90 Å². The fraction of sp³-hybridized carbons (Fsp3) is 0.500. The monoisotopic (exact) mass is 260 g/mol. The average molecular weight is 260 g/mol. The molecular weight excluding hydrogens is 236 g/mol. The van der Waals surface area contributed by atoms with Crippen LogP contribution in [0.2, 0.25) is 0 Å². The number of fused-ring (bicyclic) bond motifs is 1. The summed E-state index contributed by atoms with van der Waals surface area (Å²) in [6, 6.07) is 8.20. The van der Waals surface area contributed by atoms with Crippen molar-refractivity contribution in [2.24, 2.45) is 11.1 Å². The first kappa shape index (κ1) is 14.1. The molecule has 2 rings (SSSR count). The zero-order valence-electron chi connectivity index (χ0n) is 12.1. The van der Waals surface area contributed by atoms with Crippen LogP contribution >= 0.6 is 0 Å². The lowest BCUT2D eigenvalue weighted by Crippen LogP contribution is -2.38. The average Bonchev–Trinajstić information content (AvgIpc) is 2.81. The van der Waals surface area contributed by atoms with Crippen LogP contribution in [0.4, 0.5) is 0 Å². The lowest BCUT2D eigenvalue weighted by molar-refractivity contribution is 0.183. The third kappa shape index (κ3) is 3.37. The van der Waals surface area contributed by atoms with E-state index >= 15 is 0 Å². The normalized spacial score (nSPS) is 12.5. The second-order valence-corrected chi connectivity index (χ2v) is 5.93. The maximum Gasteiger partial charge on any atom is 0.134 e. The molecule has 0 bridgehead atoms. The van der Waals surface area contributed by atoms with E-state index in [2.05, 4.69) is 37.8 Å². The lowest BCUT2D eigenvalue weighted by atomic mass is 9.93. The van der Waals surface area contributed by atoms with Gasteiger partial charge in [0, 0.05) is 24.0 Å². The SMILES string of the molecule is CCN(Cc1coc2ccccc12)CC(C)(C)CN. The molecule has 104 valence electrons. The summed E-state index contributed by atoms with van der Waals surface area (Å²) in [7, 11) is 0. The van der Waals surface area contributed by atoms with Gasteiger partial charge in [0.25, 0.3) is 0 Å². The number of hydrogen-bond donors (Lipinski definition) is 1. The number of nitrogens with two attached hydrogens (primary N) is 1. The summed E-state index contributed by atoms with van der Waals surface area (Å²) in [4.78, 5) is 2.42. The Balaban J connectivity index is 2.14. The van der Waals surface area contributed by atoms with Crippen molar-refractivity contribution < 1.29 is 4.42 Å². The van der Waals surface area contributed by atoms with E-state index in [0.29, 0.717) is 6.54 Å². The van der Waals surface area contributed by atoms with E-state index in [1.54, 1.807) is 0 Å². The van der Waals surface area contributed by atoms with Gasteiger partial charge in [0.2, 0.25) is 0 Å². The summed E-state index contributed by atoms with van der Waals surface area (Å²) >= 11 is 0. The molecule has 2 N–H and O–H groups in total. The molecule has 0 unspecified atom stereocenters. The van der Waals surface area contributed by atoms with E-state index in [1.807, 2.05) is 18.4 Å². The van der Waals surface area contributed by atoms with Gasteiger partial charge >= 0.3 is 0 Å². The van der Waals surface area contributed by atoms with Crippen LogP contribution in [0.1, 0.15) is 26.3 Å². The minimum Gasteiger partial charge on any atom is -0.464 e. The van der Waals surface area contributed by atoms with Crippen LogP contribution in [0.25, 0.3) is 11.0 Å². The molecule has 19 heavy (non-hydrogen) atoms. The predicted molar refractivity (Wildman–Crippen MR) is 80.0 cm³/mol. The highest BCUT2D eigenvalue weighted by atomic mass is 16.3. The first-order valence-electron chi connectivity index (χ1n) is 6.93. The second-order valence-electron chi connectivity index (χ2n) is 5.93. The molecule has 3 nitrogen and oxygen atoms in total. The van der Waals surface area contributed by atoms with Crippen molar-refractivity contribution in [3.63, 3.8) is 0 Å². The van der Waals surface area contributed by atoms with Gasteiger partial charge in [-0.25, -0.2) is 0 Å². The number of furan rings is 1. The van der Waals surface area contributed by atoms with Crippen LogP contribution in [0.3, 0.4) is 0 Å². The predicted octanol–water partition coefficient (Wildman–Crippen LogP) is 3.24. The fourth-order valence-corrected chi connectivity index (χ4v) is 2.35. The van der Waals surface area contributed by atoms with Crippen molar-refractivity contribution in [3.05, 3.63) is 36.1 Å². The molecule has 0 aliphatic heterocycles. The molecule has 0 atom stereocenters. The maximum absolute atomic E-state index is 5.83. The summed E-state index contributed by atoms with van der Waals surface area (Å²) in [5.74, 6) is 0. The Morgan fingerprint density at radius 3 is 2.68 bits per heavy atom. The molecule has 0 fully saturated rings. The van der Waals surface area contributed by atoms with E-state index in [4.69, 9.17) is 10.2 Å². The van der Waals surface area contributed by atoms with Gasteiger partial charge in [0.15, 0.2) is 0 Å². The summed E-state index contributed by atoms with van der Waals surface area (Å²) in [5.41, 5.74) is 8.20. The highest BCUT2D eigenvalue weighted by molar-refractivity contribution is 5.80. The second kappa shape index (κ2) is 5.76. The van der Waals surface area contributed by atoms with Crippen molar-refractivity contribution in [2.75, 3.05) is 19.6 Å². The summed E-state index contributed by atoms with van der Waals surface area (Å²) in [5, 5.41) is 1.21. The number of nitrogens with zero attached hydrogens (tertiary/aromatic N) is 1. The summed E-state index contributed by atoms with van der Waals surface area (Å²) < 4.78 is 5.60. The zero-order chi connectivity index (χ0) is 13.9. The molecule has 0 spiro atoms. The number of rotatable bonds is 6. The Kier molecular flexibility index (Phi) is 4.27. The van der Waals surface area contributed by atoms with Crippen LogP contribution in [0, 0.1) is 5.41 Å². The molecule has 0 radical (unpaired) electrons. The zero-order valence-corrected chi connectivity index (χ0v) is 12.1. The van der Waals surface area contributed by atoms with E-state index in [9.17, 15) is 0 Å². The van der Waals surface area contributed by atoms with E-state index in [0.717, 1.165) is 25.2 Å². The first-order valence-corrected chi connectivity index (χ1v) is 6.93. The van der Waals surface area contributed by atoms with Crippen LogP contribution < -0.4 is 5.73 Å². The highest BCUT2D eigenvalue weighted by Gasteiger charge is 2.20. The van der Waals surface area contributed by atoms with Gasteiger partial charge < -0.3 is 10.2 Å². The molecule has 1 aromatic heterocycles. The van der Waals surface area contributed by atoms with Crippen molar-refractivity contribution in [1.29, 1.82) is 0 Å². The molecule has 0 saturated heterocycles. The fourth-order valence-electron chi connectivity index (χ4n) is 2.35. The van der Waals surface area contributed by atoms with Crippen LogP contribution in [-0.2, 0) is 6.54 Å². The molecule has 0 aliphatic carbocycles. The number of hydrogen-bond acceptors (Lipinski definition) is 3. The number of para-hydroxylation sites is 1. The largest absolute Gasteiger partial charge is 0.464 e. The van der Waals surface area contributed by atoms with E-state index in [1.165, 1.54) is 10.9 Å². The van der Waals surface area contributed by atoms with Crippen LogP contribution in [-0.4, -0.2) is 24.5 Å². The van der Waals surface area contributed by atoms with Gasteiger partial charge in [0.1, 0.15) is 5.58 Å². The Morgan fingerprint density at radius 2 is 2.00 bits per heavy atom. The molecule has 2 aromatic rings. The Morgan fingerprint density at radius 1 is 1.26 bits per heavy atom. The Bertz CT molecular complexity index is 530. The van der Waals surface area contributed by atoms with Gasteiger partial charge in [0.05, 0.1) is 6.26 Å². The van der Waals surface area contributed by atoms with Crippen molar-refractivity contribution in [3.8, 4) is 0 Å². The molecule has 3 heteroatoms. The van der Waals surface area contributed by atoms with Crippen molar-refractivity contribution >= 4 is 11.0 Å². The summed E-state index contributed by atoms with van der Waals surface area (Å²) in [6.45, 7) is 10.2. The van der Waals surface area contributed by atoms with E-state index in [-0.39, 0.29) is 5.41 Å². The van der Waals surface area contributed by atoms with Gasteiger partial charge in [-0.1, -0.05) is 39.0 Å². The quantitative estimate of drug-likeness (QED) is 0.867. The van der Waals surface area contributed by atoms with Crippen molar-refractivity contribution in [2.45, 2.75) is 27.3 Å². The van der Waals surface area contributed by atoms with Crippen molar-refractivity contribution in [1.82, 2.24) is 4.90 Å². The smallest absolute Gasteiger partial charge is 0.134 e. The van der Waals surface area contributed by atoms with Gasteiger partial charge in [-0.2, -0.15) is 0 Å². The lowest BCUT2D eigenvalue weighted by Gasteiger charge is -2.30. The van der Waals surface area contributed by atoms with E-state index < -0.39 is 0 Å². The van der Waals surface area contributed by atoms with Crippen LogP contribution in [0.5, 0.6) is 0 Å². The number of benzene rings is 1. The minimum atomic E-state index is 0.148. The van der Waals surface area contributed by atoms with Gasteiger partial charge in [-0.05, 0) is 24.6 Å². The molecule has 0 aliphatic rings. The topological polar surface area (TPSA) is 42.4 Å². The third-order valence-electron chi connectivity index (χ3n) is 3.61. The Labute approximate surface area is 115 Å².